The molecule has 0 amide bonds. The highest BCUT2D eigenvalue weighted by atomic mass is 16.5. The molecule has 7 heteroatoms. The molecular formula is C19H37N5O2. The maximum atomic E-state index is 5.47. The van der Waals surface area contributed by atoms with Crippen LogP contribution in [0.1, 0.15) is 84.5 Å². The van der Waals surface area contributed by atoms with Gasteiger partial charge in [-0.15, -0.1) is 0 Å². The number of ether oxygens (including phenoxy) is 1. The van der Waals surface area contributed by atoms with Gasteiger partial charge in [0, 0.05) is 19.7 Å². The van der Waals surface area contributed by atoms with Crippen molar-refractivity contribution in [2.75, 3.05) is 19.7 Å². The molecule has 1 aromatic heterocycles. The Labute approximate surface area is 158 Å². The zero-order chi connectivity index (χ0) is 19.2. The van der Waals surface area contributed by atoms with Crippen molar-refractivity contribution in [1.29, 1.82) is 0 Å². The lowest BCUT2D eigenvalue weighted by atomic mass is 10.0. The topological polar surface area (TPSA) is 84.6 Å². The fourth-order valence-corrected chi connectivity index (χ4v) is 2.55. The molecule has 1 atom stereocenters. The standard InChI is InChI=1S/C19H37N5O2/c1-6-20-19(21-13-11-9-8-10-12-15(3)4)22-14-17-23-18(24-26-17)16(5)25-7-2/h15-16H,6-14H2,1-5H3,(H2,20,21,22). The first-order valence-electron chi connectivity index (χ1n) is 10.0. The summed E-state index contributed by atoms with van der Waals surface area (Å²) in [7, 11) is 0. The van der Waals surface area contributed by atoms with E-state index in [2.05, 4.69) is 46.5 Å². The maximum absolute atomic E-state index is 5.47. The molecule has 0 saturated carbocycles. The predicted octanol–water partition coefficient (Wildman–Crippen LogP) is 3.83. The third kappa shape index (κ3) is 9.75. The van der Waals surface area contributed by atoms with E-state index >= 15 is 0 Å². The van der Waals surface area contributed by atoms with Crippen molar-refractivity contribution in [3.63, 3.8) is 0 Å². The lowest BCUT2D eigenvalue weighted by Crippen LogP contribution is -2.37. The minimum Gasteiger partial charge on any atom is -0.371 e. The van der Waals surface area contributed by atoms with Crippen LogP contribution in [0.5, 0.6) is 0 Å². The Morgan fingerprint density at radius 1 is 1.12 bits per heavy atom. The highest BCUT2D eigenvalue weighted by Gasteiger charge is 2.13. The van der Waals surface area contributed by atoms with Gasteiger partial charge < -0.3 is 19.9 Å². The third-order valence-electron chi connectivity index (χ3n) is 3.98. The van der Waals surface area contributed by atoms with Gasteiger partial charge in [-0.3, -0.25) is 0 Å². The molecule has 0 aliphatic rings. The second kappa shape index (κ2) is 13.6. The van der Waals surface area contributed by atoms with Gasteiger partial charge in [-0.2, -0.15) is 4.98 Å². The first-order chi connectivity index (χ1) is 12.6. The van der Waals surface area contributed by atoms with Gasteiger partial charge in [0.05, 0.1) is 0 Å². The molecule has 1 rings (SSSR count). The summed E-state index contributed by atoms with van der Waals surface area (Å²) >= 11 is 0. The van der Waals surface area contributed by atoms with E-state index in [4.69, 9.17) is 9.26 Å². The van der Waals surface area contributed by atoms with E-state index in [0.717, 1.165) is 31.4 Å². The van der Waals surface area contributed by atoms with Gasteiger partial charge in [-0.25, -0.2) is 4.99 Å². The van der Waals surface area contributed by atoms with Crippen LogP contribution in [0.15, 0.2) is 9.52 Å². The van der Waals surface area contributed by atoms with Crippen LogP contribution in [0.2, 0.25) is 0 Å². The Balaban J connectivity index is 2.34. The molecule has 0 fully saturated rings. The number of aliphatic imine (C=N–C) groups is 1. The smallest absolute Gasteiger partial charge is 0.248 e. The van der Waals surface area contributed by atoms with Gasteiger partial charge in [-0.1, -0.05) is 44.7 Å². The van der Waals surface area contributed by atoms with Crippen molar-refractivity contribution in [1.82, 2.24) is 20.8 Å². The molecule has 0 spiro atoms. The molecule has 1 unspecified atom stereocenters. The summed E-state index contributed by atoms with van der Waals surface area (Å²) < 4.78 is 10.7. The highest BCUT2D eigenvalue weighted by molar-refractivity contribution is 5.79. The lowest BCUT2D eigenvalue weighted by molar-refractivity contribution is 0.0683. The molecule has 1 heterocycles. The van der Waals surface area contributed by atoms with Crippen molar-refractivity contribution >= 4 is 5.96 Å². The fourth-order valence-electron chi connectivity index (χ4n) is 2.55. The molecule has 0 aliphatic carbocycles. The number of aromatic nitrogens is 2. The minimum absolute atomic E-state index is 0.163. The molecule has 0 radical (unpaired) electrons. The van der Waals surface area contributed by atoms with E-state index in [1.807, 2.05) is 13.8 Å². The Kier molecular flexibility index (Phi) is 11.7. The largest absolute Gasteiger partial charge is 0.371 e. The van der Waals surface area contributed by atoms with E-state index in [1.165, 1.54) is 25.7 Å². The molecule has 150 valence electrons. The molecule has 26 heavy (non-hydrogen) atoms. The van der Waals surface area contributed by atoms with E-state index < -0.39 is 0 Å². The summed E-state index contributed by atoms with van der Waals surface area (Å²) in [5.41, 5.74) is 0. The molecular weight excluding hydrogens is 330 g/mol. The van der Waals surface area contributed by atoms with Gasteiger partial charge >= 0.3 is 0 Å². The molecule has 1 aromatic rings. The van der Waals surface area contributed by atoms with Crippen molar-refractivity contribution < 1.29 is 9.26 Å². The summed E-state index contributed by atoms with van der Waals surface area (Å²) in [6.45, 7) is 13.2. The quantitative estimate of drug-likeness (QED) is 0.313. The highest BCUT2D eigenvalue weighted by Crippen LogP contribution is 2.13. The molecule has 7 nitrogen and oxygen atoms in total. The second-order valence-corrected chi connectivity index (χ2v) is 6.86. The van der Waals surface area contributed by atoms with Crippen LogP contribution >= 0.6 is 0 Å². The average Bonchev–Trinajstić information content (AvgIpc) is 3.07. The lowest BCUT2D eigenvalue weighted by Gasteiger charge is -2.10. The normalized spacial score (nSPS) is 13.2. The van der Waals surface area contributed by atoms with E-state index in [0.29, 0.717) is 24.9 Å². The number of nitrogens with zero attached hydrogens (tertiary/aromatic N) is 3. The Bertz CT molecular complexity index is 502. The maximum Gasteiger partial charge on any atom is 0.248 e. The molecule has 0 aromatic carbocycles. The van der Waals surface area contributed by atoms with Crippen LogP contribution in [0.3, 0.4) is 0 Å². The average molecular weight is 368 g/mol. The van der Waals surface area contributed by atoms with E-state index in [1.54, 1.807) is 0 Å². The summed E-state index contributed by atoms with van der Waals surface area (Å²) in [6.07, 6.45) is 6.19. The summed E-state index contributed by atoms with van der Waals surface area (Å²) in [5, 5.41) is 10.6. The van der Waals surface area contributed by atoms with Gasteiger partial charge in [0.2, 0.25) is 5.89 Å². The summed E-state index contributed by atoms with van der Waals surface area (Å²) in [4.78, 5) is 8.86. The molecule has 0 bridgehead atoms. The second-order valence-electron chi connectivity index (χ2n) is 6.86. The predicted molar refractivity (Wildman–Crippen MR) is 105 cm³/mol. The Hall–Kier alpha value is -1.63. The first-order valence-corrected chi connectivity index (χ1v) is 10.0. The van der Waals surface area contributed by atoms with Crippen molar-refractivity contribution in [2.45, 2.75) is 79.4 Å². The van der Waals surface area contributed by atoms with Crippen LogP contribution in [-0.4, -0.2) is 35.8 Å². The minimum atomic E-state index is -0.163. The van der Waals surface area contributed by atoms with Crippen LogP contribution < -0.4 is 10.6 Å². The van der Waals surface area contributed by atoms with Crippen LogP contribution in [0, 0.1) is 5.92 Å². The van der Waals surface area contributed by atoms with E-state index in [9.17, 15) is 0 Å². The van der Waals surface area contributed by atoms with Crippen molar-refractivity contribution in [3.8, 4) is 0 Å². The zero-order valence-electron chi connectivity index (χ0n) is 17.2. The SMILES string of the molecule is CCNC(=NCc1nc(C(C)OCC)no1)NCCCCCCC(C)C. The zero-order valence-corrected chi connectivity index (χ0v) is 17.2. The van der Waals surface area contributed by atoms with Crippen LogP contribution in [0.4, 0.5) is 0 Å². The number of guanidine groups is 1. The van der Waals surface area contributed by atoms with E-state index in [-0.39, 0.29) is 6.10 Å². The third-order valence-corrected chi connectivity index (χ3v) is 3.98. The number of hydrogen-bond donors (Lipinski definition) is 2. The number of nitrogens with one attached hydrogen (secondary N) is 2. The van der Waals surface area contributed by atoms with Gasteiger partial charge in [-0.05, 0) is 33.1 Å². The Morgan fingerprint density at radius 3 is 2.58 bits per heavy atom. The molecule has 0 aliphatic heterocycles. The summed E-state index contributed by atoms with van der Waals surface area (Å²) in [6, 6.07) is 0. The molecule has 2 N–H and O–H groups in total. The van der Waals surface area contributed by atoms with Gasteiger partial charge in [0.15, 0.2) is 11.8 Å². The number of hydrogen-bond acceptors (Lipinski definition) is 5. The van der Waals surface area contributed by atoms with Crippen LogP contribution in [-0.2, 0) is 11.3 Å². The number of unbranched alkanes of at least 4 members (excludes halogenated alkanes) is 3. The monoisotopic (exact) mass is 367 g/mol. The first kappa shape index (κ1) is 22.4. The summed E-state index contributed by atoms with van der Waals surface area (Å²) in [5.74, 6) is 2.66. The Morgan fingerprint density at radius 2 is 1.88 bits per heavy atom. The van der Waals surface area contributed by atoms with Crippen molar-refractivity contribution in [2.24, 2.45) is 10.9 Å². The molecule has 0 saturated heterocycles. The van der Waals surface area contributed by atoms with Crippen molar-refractivity contribution in [3.05, 3.63) is 11.7 Å². The number of rotatable bonds is 13. The van der Waals surface area contributed by atoms with Crippen LogP contribution in [0.25, 0.3) is 0 Å². The van der Waals surface area contributed by atoms with Gasteiger partial charge in [0.25, 0.3) is 0 Å². The fraction of sp³-hybridized carbons (Fsp3) is 0.842. The van der Waals surface area contributed by atoms with Gasteiger partial charge in [0.1, 0.15) is 12.6 Å².